The van der Waals surface area contributed by atoms with E-state index in [2.05, 4.69) is 10.8 Å². The van der Waals surface area contributed by atoms with Crippen molar-refractivity contribution >= 4 is 39.2 Å². The van der Waals surface area contributed by atoms with Crippen LogP contribution in [0.2, 0.25) is 10.0 Å². The number of halogens is 2. The highest BCUT2D eigenvalue weighted by Gasteiger charge is 2.22. The summed E-state index contributed by atoms with van der Waals surface area (Å²) >= 11 is 11.7. The summed E-state index contributed by atoms with van der Waals surface area (Å²) in [5.74, 6) is -0.623. The maximum atomic E-state index is 12.5. The van der Waals surface area contributed by atoms with Crippen LogP contribution < -0.4 is 4.72 Å². The third-order valence-electron chi connectivity index (χ3n) is 4.45. The van der Waals surface area contributed by atoms with Crippen LogP contribution in [-0.4, -0.2) is 26.0 Å². The van der Waals surface area contributed by atoms with E-state index < -0.39 is 16.0 Å². The molecule has 2 N–H and O–H groups in total. The van der Waals surface area contributed by atoms with Gasteiger partial charge in [0.2, 0.25) is 10.0 Å². The number of unbranched alkanes of at least 4 members (excludes halogenated alkanes) is 1. The number of carbonyl (C=O) groups is 1. The normalized spacial score (nSPS) is 17.4. The van der Waals surface area contributed by atoms with Crippen LogP contribution in [0.1, 0.15) is 38.5 Å². The molecule has 1 atom stereocenters. The average molecular weight is 432 g/mol. The first-order valence-corrected chi connectivity index (χ1v) is 11.0. The molecule has 0 radical (unpaired) electrons. The molecule has 1 aliphatic carbocycles. The molecule has 1 aliphatic rings. The Morgan fingerprint density at radius 1 is 1.26 bits per heavy atom. The van der Waals surface area contributed by atoms with Crippen molar-refractivity contribution in [3.63, 3.8) is 0 Å². The lowest BCUT2D eigenvalue weighted by Crippen LogP contribution is -2.29. The molecule has 0 aromatic heterocycles. The van der Waals surface area contributed by atoms with Gasteiger partial charge in [-0.2, -0.15) is 0 Å². The molecule has 1 aromatic carbocycles. The molecular weight excluding hydrogens is 409 g/mol. The molecule has 0 fully saturated rings. The molecule has 148 valence electrons. The number of hydrogen-bond acceptors (Lipinski definition) is 3. The average Bonchev–Trinajstić information content (AvgIpc) is 3.05. The van der Waals surface area contributed by atoms with Gasteiger partial charge in [0.05, 0.1) is 14.9 Å². The summed E-state index contributed by atoms with van der Waals surface area (Å²) in [4.78, 5) is 10.6. The third kappa shape index (κ3) is 6.96. The summed E-state index contributed by atoms with van der Waals surface area (Å²) in [5.41, 5.74) is 1.21. The summed E-state index contributed by atoms with van der Waals surface area (Å²) in [5, 5.41) is 9.12. The van der Waals surface area contributed by atoms with Crippen molar-refractivity contribution in [3.8, 4) is 0 Å². The topological polar surface area (TPSA) is 83.5 Å². The Balaban J connectivity index is 1.85. The fraction of sp³-hybridized carbons (Fsp3) is 0.421. The quantitative estimate of drug-likeness (QED) is 0.411. The summed E-state index contributed by atoms with van der Waals surface area (Å²) < 4.78 is 27.6. The molecule has 0 aliphatic heterocycles. The highest BCUT2D eigenvalue weighted by molar-refractivity contribution is 7.89. The van der Waals surface area contributed by atoms with Gasteiger partial charge < -0.3 is 5.11 Å². The Hall–Kier alpha value is -1.34. The maximum absolute atomic E-state index is 12.5. The Morgan fingerprint density at radius 3 is 2.74 bits per heavy atom. The van der Waals surface area contributed by atoms with Gasteiger partial charge in [-0.25, -0.2) is 13.1 Å². The van der Waals surface area contributed by atoms with Crippen LogP contribution in [0.3, 0.4) is 0 Å². The number of benzene rings is 1. The minimum Gasteiger partial charge on any atom is -0.481 e. The Bertz CT molecular complexity index is 834. The zero-order valence-corrected chi connectivity index (χ0v) is 17.2. The molecule has 2 rings (SSSR count). The van der Waals surface area contributed by atoms with Crippen LogP contribution >= 0.6 is 23.2 Å². The minimum absolute atomic E-state index is 0.0961. The number of rotatable bonds is 10. The monoisotopic (exact) mass is 431 g/mol. The smallest absolute Gasteiger partial charge is 0.303 e. The Labute approximate surface area is 170 Å². The van der Waals surface area contributed by atoms with E-state index in [1.807, 2.05) is 12.2 Å². The van der Waals surface area contributed by atoms with Crippen molar-refractivity contribution in [2.75, 3.05) is 6.54 Å². The molecule has 0 saturated heterocycles. The fourth-order valence-corrected chi connectivity index (χ4v) is 4.42. The van der Waals surface area contributed by atoms with Crippen LogP contribution in [0, 0.1) is 5.92 Å². The van der Waals surface area contributed by atoms with Gasteiger partial charge in [-0.05, 0) is 56.2 Å². The van der Waals surface area contributed by atoms with E-state index in [4.69, 9.17) is 28.3 Å². The largest absolute Gasteiger partial charge is 0.481 e. The molecule has 0 unspecified atom stereocenters. The lowest BCUT2D eigenvalue weighted by Gasteiger charge is -2.15. The molecule has 8 heteroatoms. The van der Waals surface area contributed by atoms with Gasteiger partial charge in [-0.1, -0.05) is 47.0 Å². The van der Waals surface area contributed by atoms with Gasteiger partial charge in [-0.15, -0.1) is 0 Å². The molecular formula is C19H23Cl2NO4S. The maximum Gasteiger partial charge on any atom is 0.303 e. The molecule has 27 heavy (non-hydrogen) atoms. The molecule has 0 saturated carbocycles. The molecule has 5 nitrogen and oxygen atoms in total. The van der Waals surface area contributed by atoms with Crippen molar-refractivity contribution in [3.05, 3.63) is 52.0 Å². The van der Waals surface area contributed by atoms with E-state index >= 15 is 0 Å². The van der Waals surface area contributed by atoms with Crippen molar-refractivity contribution in [2.45, 2.75) is 43.4 Å². The second-order valence-corrected chi connectivity index (χ2v) is 9.02. The molecule has 0 bridgehead atoms. The Kier molecular flexibility index (Phi) is 8.35. The standard InChI is InChI=1S/C19H23Cl2NO4S/c20-17-11-10-16(12-18(17)21)27(25,26)22-13-15-8-5-7-14(15)6-3-1-2-4-9-19(23)24/h1,3,7,10-12,15,22H,2,4-6,8-9,13H2,(H,23,24)/b3-1-/t15-/m1/s1. The zero-order chi connectivity index (χ0) is 19.9. The fourth-order valence-electron chi connectivity index (χ4n) is 2.95. The number of sulfonamides is 1. The number of carboxylic acid groups (broad SMARTS) is 1. The summed E-state index contributed by atoms with van der Waals surface area (Å²) in [6, 6.07) is 4.24. The highest BCUT2D eigenvalue weighted by Crippen LogP contribution is 2.29. The van der Waals surface area contributed by atoms with Crippen LogP contribution in [0.25, 0.3) is 0 Å². The van der Waals surface area contributed by atoms with Gasteiger partial charge in [0.25, 0.3) is 0 Å². The summed E-state index contributed by atoms with van der Waals surface area (Å²) in [6.45, 7) is 0.335. The first-order valence-electron chi connectivity index (χ1n) is 8.80. The molecule has 0 heterocycles. The second kappa shape index (κ2) is 10.3. The van der Waals surface area contributed by atoms with Gasteiger partial charge in [0.15, 0.2) is 0 Å². The van der Waals surface area contributed by atoms with E-state index in [0.717, 1.165) is 25.7 Å². The lowest BCUT2D eigenvalue weighted by molar-refractivity contribution is -0.137. The van der Waals surface area contributed by atoms with E-state index in [-0.39, 0.29) is 22.3 Å². The SMILES string of the molecule is O=C(O)CCC/C=C\CC1=CCC[C@@H]1CNS(=O)(=O)c1ccc(Cl)c(Cl)c1. The third-order valence-corrected chi connectivity index (χ3v) is 6.61. The summed E-state index contributed by atoms with van der Waals surface area (Å²) in [7, 11) is -3.65. The second-order valence-electron chi connectivity index (χ2n) is 6.44. The minimum atomic E-state index is -3.65. The van der Waals surface area contributed by atoms with Crippen molar-refractivity contribution in [1.82, 2.24) is 4.72 Å². The van der Waals surface area contributed by atoms with Crippen LogP contribution in [0.4, 0.5) is 0 Å². The predicted molar refractivity (Wildman–Crippen MR) is 108 cm³/mol. The van der Waals surface area contributed by atoms with E-state index in [9.17, 15) is 13.2 Å². The molecule has 1 aromatic rings. The van der Waals surface area contributed by atoms with Gasteiger partial charge >= 0.3 is 5.97 Å². The van der Waals surface area contributed by atoms with Crippen molar-refractivity contribution < 1.29 is 18.3 Å². The lowest BCUT2D eigenvalue weighted by atomic mass is 9.99. The van der Waals surface area contributed by atoms with E-state index in [1.54, 1.807) is 0 Å². The predicted octanol–water partition coefficient (Wildman–Crippen LogP) is 4.81. The number of hydrogen-bond donors (Lipinski definition) is 2. The first-order chi connectivity index (χ1) is 12.8. The highest BCUT2D eigenvalue weighted by atomic mass is 35.5. The first kappa shape index (κ1) is 22.0. The van der Waals surface area contributed by atoms with Gasteiger partial charge in [0.1, 0.15) is 0 Å². The van der Waals surface area contributed by atoms with E-state index in [1.165, 1.54) is 23.8 Å². The number of carboxylic acids is 1. The van der Waals surface area contributed by atoms with Gasteiger partial charge in [0, 0.05) is 13.0 Å². The van der Waals surface area contributed by atoms with Crippen LogP contribution in [0.15, 0.2) is 46.9 Å². The van der Waals surface area contributed by atoms with Crippen molar-refractivity contribution in [2.24, 2.45) is 5.92 Å². The van der Waals surface area contributed by atoms with E-state index in [0.29, 0.717) is 18.0 Å². The number of aliphatic carboxylic acids is 1. The molecule has 0 amide bonds. The summed E-state index contributed by atoms with van der Waals surface area (Å²) in [6.07, 6.45) is 10.3. The number of allylic oxidation sites excluding steroid dienone is 3. The van der Waals surface area contributed by atoms with Crippen molar-refractivity contribution in [1.29, 1.82) is 0 Å². The van der Waals surface area contributed by atoms with Crippen LogP contribution in [-0.2, 0) is 14.8 Å². The number of nitrogens with one attached hydrogen (secondary N) is 1. The van der Waals surface area contributed by atoms with Crippen LogP contribution in [0.5, 0.6) is 0 Å². The zero-order valence-electron chi connectivity index (χ0n) is 14.8. The molecule has 0 spiro atoms. The Morgan fingerprint density at radius 2 is 2.04 bits per heavy atom. The van der Waals surface area contributed by atoms with Gasteiger partial charge in [-0.3, -0.25) is 4.79 Å².